The molecule has 6 nitrogen and oxygen atoms in total. The lowest BCUT2D eigenvalue weighted by Crippen LogP contribution is -2.39. The highest BCUT2D eigenvalue weighted by Gasteiger charge is 2.27. The van der Waals surface area contributed by atoms with Crippen LogP contribution in [0.15, 0.2) is 0 Å². The summed E-state index contributed by atoms with van der Waals surface area (Å²) in [6, 6.07) is -0.554. The second-order valence-electron chi connectivity index (χ2n) is 3.34. The molecule has 6 heteroatoms. The van der Waals surface area contributed by atoms with E-state index in [4.69, 9.17) is 10.2 Å². The van der Waals surface area contributed by atoms with Gasteiger partial charge in [0.1, 0.15) is 0 Å². The van der Waals surface area contributed by atoms with Crippen LogP contribution in [0.1, 0.15) is 12.8 Å². The number of aliphatic hydroxyl groups is 1. The van der Waals surface area contributed by atoms with Crippen molar-refractivity contribution in [1.82, 2.24) is 10.6 Å². The second-order valence-corrected chi connectivity index (χ2v) is 3.34. The molecule has 4 N–H and O–H groups in total. The zero-order chi connectivity index (χ0) is 10.6. The van der Waals surface area contributed by atoms with Crippen LogP contribution in [0.25, 0.3) is 0 Å². The van der Waals surface area contributed by atoms with Crippen molar-refractivity contribution in [3.05, 3.63) is 0 Å². The smallest absolute Gasteiger partial charge is 0.404 e. The Hall–Kier alpha value is -1.30. The van der Waals surface area contributed by atoms with E-state index in [0.717, 1.165) is 0 Å². The van der Waals surface area contributed by atoms with Crippen molar-refractivity contribution in [2.75, 3.05) is 13.2 Å². The van der Waals surface area contributed by atoms with Crippen LogP contribution in [0, 0.1) is 5.92 Å². The fourth-order valence-electron chi connectivity index (χ4n) is 1.57. The van der Waals surface area contributed by atoms with E-state index in [0.29, 0.717) is 19.4 Å². The molecule has 2 atom stereocenters. The third kappa shape index (κ3) is 2.88. The Morgan fingerprint density at radius 2 is 2.43 bits per heavy atom. The van der Waals surface area contributed by atoms with E-state index < -0.39 is 12.1 Å². The number of hydrogen-bond donors (Lipinski definition) is 4. The topological polar surface area (TPSA) is 98.7 Å². The van der Waals surface area contributed by atoms with Crippen LogP contribution in [0.3, 0.4) is 0 Å². The van der Waals surface area contributed by atoms with E-state index >= 15 is 0 Å². The molecule has 0 aromatic heterocycles. The number of amides is 2. The van der Waals surface area contributed by atoms with Gasteiger partial charge in [-0.1, -0.05) is 0 Å². The molecule has 1 saturated heterocycles. The second kappa shape index (κ2) is 4.80. The molecular formula is C8H14N2O4. The van der Waals surface area contributed by atoms with Crippen LogP contribution in [0.5, 0.6) is 0 Å². The lowest BCUT2D eigenvalue weighted by atomic mass is 9.99. The maximum absolute atomic E-state index is 11.1. The molecule has 1 aliphatic heterocycles. The van der Waals surface area contributed by atoms with Gasteiger partial charge in [0.25, 0.3) is 0 Å². The molecule has 1 aliphatic rings. The van der Waals surface area contributed by atoms with Gasteiger partial charge in [-0.05, 0) is 12.8 Å². The molecule has 0 radical (unpaired) electrons. The number of rotatable bonds is 4. The predicted octanol–water partition coefficient (Wildman–Crippen LogP) is -0.859. The van der Waals surface area contributed by atoms with Crippen molar-refractivity contribution >= 4 is 12.0 Å². The Labute approximate surface area is 81.3 Å². The Morgan fingerprint density at radius 3 is 2.86 bits per heavy atom. The first-order valence-corrected chi connectivity index (χ1v) is 4.51. The fraction of sp³-hybridized carbons (Fsp3) is 0.750. The van der Waals surface area contributed by atoms with Crippen LogP contribution in [-0.2, 0) is 4.79 Å². The minimum atomic E-state index is -1.18. The van der Waals surface area contributed by atoms with Gasteiger partial charge >= 0.3 is 6.09 Å². The maximum atomic E-state index is 11.1. The number of carbonyl (C=O) groups excluding carboxylic acids is 1. The largest absolute Gasteiger partial charge is 0.465 e. The van der Waals surface area contributed by atoms with Crippen molar-refractivity contribution in [2.24, 2.45) is 5.92 Å². The van der Waals surface area contributed by atoms with Crippen molar-refractivity contribution in [2.45, 2.75) is 18.9 Å². The molecule has 0 aliphatic carbocycles. The van der Waals surface area contributed by atoms with E-state index in [1.54, 1.807) is 0 Å². The van der Waals surface area contributed by atoms with Gasteiger partial charge in [-0.2, -0.15) is 0 Å². The molecular weight excluding hydrogens is 188 g/mol. The highest BCUT2D eigenvalue weighted by molar-refractivity contribution is 5.80. The van der Waals surface area contributed by atoms with Crippen LogP contribution in [0.4, 0.5) is 4.79 Å². The van der Waals surface area contributed by atoms with E-state index in [-0.39, 0.29) is 18.4 Å². The Balaban J connectivity index is 2.39. The highest BCUT2D eigenvalue weighted by atomic mass is 16.4. The Morgan fingerprint density at radius 1 is 1.71 bits per heavy atom. The normalized spacial score (nSPS) is 22.9. The van der Waals surface area contributed by atoms with Gasteiger partial charge in [0.15, 0.2) is 0 Å². The van der Waals surface area contributed by atoms with E-state index in [2.05, 4.69) is 10.6 Å². The Kier molecular flexibility index (Phi) is 3.70. The molecule has 80 valence electrons. The van der Waals surface area contributed by atoms with Crippen LogP contribution >= 0.6 is 0 Å². The summed E-state index contributed by atoms with van der Waals surface area (Å²) in [5.41, 5.74) is 0. The summed E-state index contributed by atoms with van der Waals surface area (Å²) in [6.45, 7) is 0.352. The van der Waals surface area contributed by atoms with Crippen molar-refractivity contribution in [3.63, 3.8) is 0 Å². The van der Waals surface area contributed by atoms with Crippen LogP contribution < -0.4 is 10.6 Å². The van der Waals surface area contributed by atoms with Crippen molar-refractivity contribution in [3.8, 4) is 0 Å². The van der Waals surface area contributed by atoms with Gasteiger partial charge < -0.3 is 20.8 Å². The zero-order valence-corrected chi connectivity index (χ0v) is 7.69. The summed E-state index contributed by atoms with van der Waals surface area (Å²) < 4.78 is 0. The summed E-state index contributed by atoms with van der Waals surface area (Å²) in [5.74, 6) is -0.241. The summed E-state index contributed by atoms with van der Waals surface area (Å²) in [7, 11) is 0. The minimum Gasteiger partial charge on any atom is -0.465 e. The number of aliphatic hydroxyl groups excluding tert-OH is 1. The molecule has 14 heavy (non-hydrogen) atoms. The maximum Gasteiger partial charge on any atom is 0.404 e. The highest BCUT2D eigenvalue weighted by Crippen LogP contribution is 2.15. The third-order valence-corrected chi connectivity index (χ3v) is 2.28. The monoisotopic (exact) mass is 202 g/mol. The lowest BCUT2D eigenvalue weighted by molar-refractivity contribution is -0.122. The SMILES string of the molecule is O=C(O)N[C@H](CO)C[C@@H]1CCNC1=O. The van der Waals surface area contributed by atoms with Gasteiger partial charge in [0.05, 0.1) is 12.6 Å². The first-order valence-electron chi connectivity index (χ1n) is 4.51. The molecule has 0 unspecified atom stereocenters. The van der Waals surface area contributed by atoms with Gasteiger partial charge in [0.2, 0.25) is 5.91 Å². The predicted molar refractivity (Wildman–Crippen MR) is 47.8 cm³/mol. The number of nitrogens with one attached hydrogen (secondary N) is 2. The molecule has 2 amide bonds. The van der Waals surface area contributed by atoms with E-state index in [1.807, 2.05) is 0 Å². The first-order chi connectivity index (χ1) is 6.63. The van der Waals surface area contributed by atoms with Gasteiger partial charge in [-0.15, -0.1) is 0 Å². The molecule has 0 spiro atoms. The molecule has 0 bridgehead atoms. The van der Waals surface area contributed by atoms with Crippen molar-refractivity contribution < 1.29 is 19.8 Å². The Bertz CT molecular complexity index is 231. The fourth-order valence-corrected chi connectivity index (χ4v) is 1.57. The molecule has 0 aromatic carbocycles. The average molecular weight is 202 g/mol. The van der Waals surface area contributed by atoms with E-state index in [1.165, 1.54) is 0 Å². The van der Waals surface area contributed by atoms with Gasteiger partial charge in [-0.3, -0.25) is 4.79 Å². The van der Waals surface area contributed by atoms with Crippen LogP contribution in [0.2, 0.25) is 0 Å². The zero-order valence-electron chi connectivity index (χ0n) is 7.69. The summed E-state index contributed by atoms with van der Waals surface area (Å²) in [4.78, 5) is 21.4. The number of carbonyl (C=O) groups is 2. The summed E-state index contributed by atoms with van der Waals surface area (Å²) in [6.07, 6.45) is -0.118. The van der Waals surface area contributed by atoms with Gasteiger partial charge in [0, 0.05) is 12.5 Å². The van der Waals surface area contributed by atoms with E-state index in [9.17, 15) is 9.59 Å². The molecule has 1 rings (SSSR count). The molecule has 1 heterocycles. The number of hydrogen-bond acceptors (Lipinski definition) is 3. The number of carboxylic acid groups (broad SMARTS) is 1. The summed E-state index contributed by atoms with van der Waals surface area (Å²) >= 11 is 0. The van der Waals surface area contributed by atoms with Crippen LogP contribution in [-0.4, -0.2) is 41.4 Å². The quantitative estimate of drug-likeness (QED) is 0.476. The minimum absolute atomic E-state index is 0.0596. The lowest BCUT2D eigenvalue weighted by Gasteiger charge is -2.16. The third-order valence-electron chi connectivity index (χ3n) is 2.28. The molecule has 0 saturated carbocycles. The summed E-state index contributed by atoms with van der Waals surface area (Å²) in [5, 5.41) is 22.1. The first kappa shape index (κ1) is 10.8. The van der Waals surface area contributed by atoms with Gasteiger partial charge in [-0.25, -0.2) is 4.79 Å². The molecule has 1 fully saturated rings. The molecule has 0 aromatic rings. The standard InChI is InChI=1S/C8H14N2O4/c11-4-6(10-8(13)14)3-5-1-2-9-7(5)12/h5-6,10-11H,1-4H2,(H,9,12)(H,13,14)/t5-,6-/m0/s1. The average Bonchev–Trinajstić information content (AvgIpc) is 2.50. The van der Waals surface area contributed by atoms with Crippen molar-refractivity contribution in [1.29, 1.82) is 0 Å².